The standard InChI is InChI=1S/C13H22N2OS/c1-13(2,9-14-3)12-15-11(8-17-12)10-4-6-16-7-5-10/h8,10,14H,4-7,9H2,1-3H3. The van der Waals surface area contributed by atoms with E-state index in [2.05, 4.69) is 24.5 Å². The Morgan fingerprint density at radius 3 is 2.82 bits per heavy atom. The molecule has 1 N–H and O–H groups in total. The molecule has 17 heavy (non-hydrogen) atoms. The second kappa shape index (κ2) is 5.46. The average molecular weight is 254 g/mol. The van der Waals surface area contributed by atoms with Crippen LogP contribution in [-0.2, 0) is 10.2 Å². The van der Waals surface area contributed by atoms with Crippen LogP contribution in [0.4, 0.5) is 0 Å². The van der Waals surface area contributed by atoms with Crippen molar-refractivity contribution in [2.75, 3.05) is 26.8 Å². The fourth-order valence-corrected chi connectivity index (χ4v) is 3.32. The quantitative estimate of drug-likeness (QED) is 0.896. The Labute approximate surface area is 108 Å². The second-order valence-electron chi connectivity index (χ2n) is 5.38. The van der Waals surface area contributed by atoms with Gasteiger partial charge >= 0.3 is 0 Å². The van der Waals surface area contributed by atoms with Crippen LogP contribution in [0.2, 0.25) is 0 Å². The number of ether oxygens (including phenoxy) is 1. The van der Waals surface area contributed by atoms with Crippen molar-refractivity contribution in [1.29, 1.82) is 0 Å². The van der Waals surface area contributed by atoms with E-state index in [9.17, 15) is 0 Å². The van der Waals surface area contributed by atoms with E-state index in [4.69, 9.17) is 9.72 Å². The molecule has 0 radical (unpaired) electrons. The molecule has 1 fully saturated rings. The van der Waals surface area contributed by atoms with Crippen LogP contribution in [0, 0.1) is 0 Å². The monoisotopic (exact) mass is 254 g/mol. The lowest BCUT2D eigenvalue weighted by Gasteiger charge is -2.22. The lowest BCUT2D eigenvalue weighted by molar-refractivity contribution is 0.0845. The Morgan fingerprint density at radius 2 is 2.18 bits per heavy atom. The zero-order valence-corrected chi connectivity index (χ0v) is 11.8. The summed E-state index contributed by atoms with van der Waals surface area (Å²) < 4.78 is 5.40. The summed E-state index contributed by atoms with van der Waals surface area (Å²) in [7, 11) is 1.99. The van der Waals surface area contributed by atoms with E-state index >= 15 is 0 Å². The first-order valence-corrected chi connectivity index (χ1v) is 7.19. The van der Waals surface area contributed by atoms with Crippen molar-refractivity contribution in [3.8, 4) is 0 Å². The third-order valence-electron chi connectivity index (χ3n) is 3.36. The van der Waals surface area contributed by atoms with Crippen LogP contribution < -0.4 is 5.32 Å². The molecule has 0 atom stereocenters. The summed E-state index contributed by atoms with van der Waals surface area (Å²) in [6, 6.07) is 0. The molecule has 0 amide bonds. The highest BCUT2D eigenvalue weighted by atomic mass is 32.1. The van der Waals surface area contributed by atoms with E-state index in [1.54, 1.807) is 11.3 Å². The third kappa shape index (κ3) is 3.06. The minimum atomic E-state index is 0.128. The maximum absolute atomic E-state index is 5.40. The molecule has 1 saturated heterocycles. The van der Waals surface area contributed by atoms with Gasteiger partial charge in [0.25, 0.3) is 0 Å². The average Bonchev–Trinajstić information content (AvgIpc) is 2.80. The topological polar surface area (TPSA) is 34.2 Å². The van der Waals surface area contributed by atoms with Crippen molar-refractivity contribution in [1.82, 2.24) is 10.3 Å². The zero-order chi connectivity index (χ0) is 12.3. The van der Waals surface area contributed by atoms with Gasteiger partial charge in [-0.15, -0.1) is 11.3 Å². The minimum absolute atomic E-state index is 0.128. The van der Waals surface area contributed by atoms with Gasteiger partial charge < -0.3 is 10.1 Å². The van der Waals surface area contributed by atoms with E-state index in [1.165, 1.54) is 10.7 Å². The lowest BCUT2D eigenvalue weighted by atomic mass is 9.94. The Balaban J connectivity index is 2.09. The van der Waals surface area contributed by atoms with E-state index < -0.39 is 0 Å². The second-order valence-corrected chi connectivity index (χ2v) is 6.24. The highest BCUT2D eigenvalue weighted by Crippen LogP contribution is 2.32. The number of nitrogens with zero attached hydrogens (tertiary/aromatic N) is 1. The number of hydrogen-bond acceptors (Lipinski definition) is 4. The molecule has 2 rings (SSSR count). The van der Waals surface area contributed by atoms with Gasteiger partial charge in [0.1, 0.15) is 0 Å². The van der Waals surface area contributed by atoms with Crippen LogP contribution in [0.25, 0.3) is 0 Å². The summed E-state index contributed by atoms with van der Waals surface area (Å²) in [5.74, 6) is 0.610. The number of likely N-dealkylation sites (N-methyl/N-ethyl adjacent to an activating group) is 1. The normalized spacial score (nSPS) is 18.5. The first-order valence-electron chi connectivity index (χ1n) is 6.32. The summed E-state index contributed by atoms with van der Waals surface area (Å²) in [4.78, 5) is 4.85. The molecule has 1 aliphatic heterocycles. The predicted molar refractivity (Wildman–Crippen MR) is 71.9 cm³/mol. The van der Waals surface area contributed by atoms with Crippen LogP contribution in [0.1, 0.15) is 43.3 Å². The fourth-order valence-electron chi connectivity index (χ4n) is 2.30. The maximum atomic E-state index is 5.40. The first-order chi connectivity index (χ1) is 8.13. The lowest BCUT2D eigenvalue weighted by Crippen LogP contribution is -2.30. The van der Waals surface area contributed by atoms with Crippen LogP contribution >= 0.6 is 11.3 Å². The Bertz CT molecular complexity index is 356. The Hall–Kier alpha value is -0.450. The van der Waals surface area contributed by atoms with Gasteiger partial charge in [-0.3, -0.25) is 0 Å². The number of rotatable bonds is 4. The van der Waals surface area contributed by atoms with Crippen molar-refractivity contribution >= 4 is 11.3 Å². The van der Waals surface area contributed by atoms with Gasteiger partial charge in [0, 0.05) is 36.5 Å². The van der Waals surface area contributed by atoms with Crippen molar-refractivity contribution in [3.63, 3.8) is 0 Å². The van der Waals surface area contributed by atoms with Crippen LogP contribution in [0.15, 0.2) is 5.38 Å². The predicted octanol–water partition coefficient (Wildman–Crippen LogP) is 2.53. The Kier molecular flexibility index (Phi) is 4.17. The van der Waals surface area contributed by atoms with Crippen LogP contribution in [-0.4, -0.2) is 31.8 Å². The number of aromatic nitrogens is 1. The van der Waals surface area contributed by atoms with E-state index in [0.29, 0.717) is 5.92 Å². The summed E-state index contributed by atoms with van der Waals surface area (Å²) in [5.41, 5.74) is 1.40. The molecule has 4 heteroatoms. The van der Waals surface area contributed by atoms with Gasteiger partial charge in [-0.25, -0.2) is 4.98 Å². The molecule has 96 valence electrons. The Morgan fingerprint density at radius 1 is 1.47 bits per heavy atom. The first kappa shape index (κ1) is 13.0. The van der Waals surface area contributed by atoms with Crippen molar-refractivity contribution in [3.05, 3.63) is 16.1 Å². The fraction of sp³-hybridized carbons (Fsp3) is 0.769. The summed E-state index contributed by atoms with van der Waals surface area (Å²) in [6.45, 7) is 7.23. The van der Waals surface area contributed by atoms with Gasteiger partial charge in [0.15, 0.2) is 0 Å². The van der Waals surface area contributed by atoms with Crippen LogP contribution in [0.5, 0.6) is 0 Å². The van der Waals surface area contributed by atoms with Gasteiger partial charge in [-0.05, 0) is 19.9 Å². The molecule has 2 heterocycles. The van der Waals surface area contributed by atoms with E-state index in [0.717, 1.165) is 32.6 Å². The van der Waals surface area contributed by atoms with Gasteiger partial charge in [-0.2, -0.15) is 0 Å². The van der Waals surface area contributed by atoms with Gasteiger partial charge in [0.2, 0.25) is 0 Å². The third-order valence-corrected chi connectivity index (χ3v) is 4.59. The highest BCUT2D eigenvalue weighted by molar-refractivity contribution is 7.09. The van der Waals surface area contributed by atoms with Crippen molar-refractivity contribution in [2.24, 2.45) is 0 Å². The molecular weight excluding hydrogens is 232 g/mol. The minimum Gasteiger partial charge on any atom is -0.381 e. The molecule has 0 aromatic carbocycles. The smallest absolute Gasteiger partial charge is 0.0997 e. The van der Waals surface area contributed by atoms with Crippen molar-refractivity contribution < 1.29 is 4.74 Å². The SMILES string of the molecule is CNCC(C)(C)c1nc(C2CCOCC2)cs1. The summed E-state index contributed by atoms with van der Waals surface area (Å²) in [6.07, 6.45) is 2.24. The molecule has 3 nitrogen and oxygen atoms in total. The van der Waals surface area contributed by atoms with Gasteiger partial charge in [0.05, 0.1) is 10.7 Å². The van der Waals surface area contributed by atoms with Gasteiger partial charge in [-0.1, -0.05) is 13.8 Å². The molecule has 1 aromatic rings. The molecule has 0 spiro atoms. The van der Waals surface area contributed by atoms with Crippen molar-refractivity contribution in [2.45, 2.75) is 38.0 Å². The number of thiazole rings is 1. The molecule has 0 saturated carbocycles. The van der Waals surface area contributed by atoms with E-state index in [-0.39, 0.29) is 5.41 Å². The maximum Gasteiger partial charge on any atom is 0.0997 e. The molecular formula is C13H22N2OS. The molecule has 0 unspecified atom stereocenters. The molecule has 0 bridgehead atoms. The van der Waals surface area contributed by atoms with E-state index in [1.807, 2.05) is 7.05 Å². The van der Waals surface area contributed by atoms with Crippen LogP contribution in [0.3, 0.4) is 0 Å². The summed E-state index contributed by atoms with van der Waals surface area (Å²) >= 11 is 1.80. The molecule has 1 aliphatic rings. The molecule has 1 aromatic heterocycles. The summed E-state index contributed by atoms with van der Waals surface area (Å²) in [5, 5.41) is 6.72. The highest BCUT2D eigenvalue weighted by Gasteiger charge is 2.26. The zero-order valence-electron chi connectivity index (χ0n) is 11.0. The number of hydrogen-bond donors (Lipinski definition) is 1. The largest absolute Gasteiger partial charge is 0.381 e. The number of nitrogens with one attached hydrogen (secondary N) is 1. The molecule has 0 aliphatic carbocycles.